The van der Waals surface area contributed by atoms with E-state index in [0.29, 0.717) is 17.1 Å². The standard InChI is InChI=1S/C14H15Cl2N3O/c1-19(2)13-3-4-17-8-12(13)18-7-9-5-10(15)6-11(16)14(9)20/h3-6,8,18,20H,7H2,1-2H3. The molecule has 0 aliphatic rings. The molecule has 0 aliphatic heterocycles. The summed E-state index contributed by atoms with van der Waals surface area (Å²) in [6, 6.07) is 5.10. The van der Waals surface area contributed by atoms with E-state index in [1.165, 1.54) is 6.07 Å². The number of phenolic OH excluding ortho intramolecular Hbond substituents is 1. The van der Waals surface area contributed by atoms with Crippen molar-refractivity contribution < 1.29 is 5.11 Å². The third kappa shape index (κ3) is 3.26. The van der Waals surface area contributed by atoms with Crippen LogP contribution >= 0.6 is 23.2 Å². The molecule has 0 bridgehead atoms. The van der Waals surface area contributed by atoms with Gasteiger partial charge < -0.3 is 15.3 Å². The number of pyridine rings is 1. The largest absolute Gasteiger partial charge is 0.506 e. The highest BCUT2D eigenvalue weighted by Gasteiger charge is 2.09. The fourth-order valence-electron chi connectivity index (χ4n) is 1.86. The van der Waals surface area contributed by atoms with E-state index in [1.54, 1.807) is 18.5 Å². The number of hydrogen-bond acceptors (Lipinski definition) is 4. The minimum absolute atomic E-state index is 0.0406. The lowest BCUT2D eigenvalue weighted by molar-refractivity contribution is 0.469. The van der Waals surface area contributed by atoms with Crippen molar-refractivity contribution in [3.63, 3.8) is 0 Å². The number of halogens is 2. The fraction of sp³-hybridized carbons (Fsp3) is 0.214. The second kappa shape index (κ2) is 6.20. The van der Waals surface area contributed by atoms with Gasteiger partial charge in [0, 0.05) is 37.4 Å². The van der Waals surface area contributed by atoms with Gasteiger partial charge in [-0.25, -0.2) is 0 Å². The van der Waals surface area contributed by atoms with Crippen LogP contribution in [0.3, 0.4) is 0 Å². The van der Waals surface area contributed by atoms with Gasteiger partial charge in [0.25, 0.3) is 0 Å². The third-order valence-corrected chi connectivity index (χ3v) is 3.36. The lowest BCUT2D eigenvalue weighted by Gasteiger charge is -2.18. The summed E-state index contributed by atoms with van der Waals surface area (Å²) in [4.78, 5) is 6.07. The van der Waals surface area contributed by atoms with Crippen LogP contribution in [0.25, 0.3) is 0 Å². The Morgan fingerprint density at radius 3 is 2.75 bits per heavy atom. The van der Waals surface area contributed by atoms with Gasteiger partial charge in [-0.15, -0.1) is 0 Å². The summed E-state index contributed by atoms with van der Waals surface area (Å²) < 4.78 is 0. The van der Waals surface area contributed by atoms with E-state index in [-0.39, 0.29) is 10.8 Å². The number of benzene rings is 1. The number of rotatable bonds is 4. The highest BCUT2D eigenvalue weighted by atomic mass is 35.5. The Hall–Kier alpha value is -1.65. The summed E-state index contributed by atoms with van der Waals surface area (Å²) in [5, 5.41) is 13.9. The summed E-state index contributed by atoms with van der Waals surface area (Å²) in [7, 11) is 3.91. The number of aromatic nitrogens is 1. The molecular formula is C14H15Cl2N3O. The van der Waals surface area contributed by atoms with Crippen molar-refractivity contribution in [1.82, 2.24) is 4.98 Å². The fourth-order valence-corrected chi connectivity index (χ4v) is 2.39. The molecule has 0 spiro atoms. The second-order valence-corrected chi connectivity index (χ2v) is 5.38. The maximum atomic E-state index is 9.92. The lowest BCUT2D eigenvalue weighted by Crippen LogP contribution is -2.12. The van der Waals surface area contributed by atoms with Gasteiger partial charge in [-0.05, 0) is 18.2 Å². The van der Waals surface area contributed by atoms with E-state index in [9.17, 15) is 5.11 Å². The monoisotopic (exact) mass is 311 g/mol. The Balaban J connectivity index is 2.21. The van der Waals surface area contributed by atoms with E-state index < -0.39 is 0 Å². The minimum atomic E-state index is 0.0406. The zero-order valence-corrected chi connectivity index (χ0v) is 12.7. The van der Waals surface area contributed by atoms with Gasteiger partial charge in [-0.2, -0.15) is 0 Å². The first kappa shape index (κ1) is 14.8. The number of hydrogen-bond donors (Lipinski definition) is 2. The molecule has 0 saturated heterocycles. The number of nitrogens with zero attached hydrogens (tertiary/aromatic N) is 2. The average Bonchev–Trinajstić information content (AvgIpc) is 2.41. The Labute approximate surface area is 128 Å². The van der Waals surface area contributed by atoms with Crippen LogP contribution in [0, 0.1) is 0 Å². The Kier molecular flexibility index (Phi) is 4.57. The molecule has 1 aromatic heterocycles. The normalized spacial score (nSPS) is 10.4. The molecule has 2 rings (SSSR count). The molecule has 0 aliphatic carbocycles. The SMILES string of the molecule is CN(C)c1ccncc1NCc1cc(Cl)cc(Cl)c1O. The smallest absolute Gasteiger partial charge is 0.139 e. The Morgan fingerprint density at radius 2 is 2.05 bits per heavy atom. The molecular weight excluding hydrogens is 297 g/mol. The van der Waals surface area contributed by atoms with Crippen molar-refractivity contribution in [2.24, 2.45) is 0 Å². The quantitative estimate of drug-likeness (QED) is 0.902. The predicted molar refractivity (Wildman–Crippen MR) is 84.0 cm³/mol. The van der Waals surface area contributed by atoms with E-state index in [2.05, 4.69) is 10.3 Å². The first-order valence-electron chi connectivity index (χ1n) is 6.01. The van der Waals surface area contributed by atoms with Gasteiger partial charge in [0.05, 0.1) is 22.6 Å². The molecule has 0 amide bonds. The van der Waals surface area contributed by atoms with E-state index >= 15 is 0 Å². The van der Waals surface area contributed by atoms with Gasteiger partial charge in [0.1, 0.15) is 5.75 Å². The van der Waals surface area contributed by atoms with E-state index in [0.717, 1.165) is 11.4 Å². The molecule has 0 fully saturated rings. The summed E-state index contributed by atoms with van der Waals surface area (Å²) in [5.41, 5.74) is 2.51. The highest BCUT2D eigenvalue weighted by molar-refractivity contribution is 6.35. The van der Waals surface area contributed by atoms with E-state index in [4.69, 9.17) is 23.2 Å². The number of nitrogens with one attached hydrogen (secondary N) is 1. The second-order valence-electron chi connectivity index (χ2n) is 4.54. The third-order valence-electron chi connectivity index (χ3n) is 2.86. The molecule has 1 heterocycles. The van der Waals surface area contributed by atoms with Gasteiger partial charge in [-0.3, -0.25) is 4.98 Å². The number of aromatic hydroxyl groups is 1. The summed E-state index contributed by atoms with van der Waals surface area (Å²) >= 11 is 11.8. The van der Waals surface area contributed by atoms with Crippen molar-refractivity contribution in [2.75, 3.05) is 24.3 Å². The number of phenols is 1. The molecule has 4 nitrogen and oxygen atoms in total. The molecule has 0 saturated carbocycles. The van der Waals surface area contributed by atoms with Crippen LogP contribution in [-0.2, 0) is 6.54 Å². The molecule has 0 unspecified atom stereocenters. The van der Waals surface area contributed by atoms with Crippen LogP contribution in [0.5, 0.6) is 5.75 Å². The Bertz CT molecular complexity index is 617. The lowest BCUT2D eigenvalue weighted by atomic mass is 10.2. The molecule has 2 N–H and O–H groups in total. The van der Waals surface area contributed by atoms with E-state index in [1.807, 2.05) is 25.1 Å². The van der Waals surface area contributed by atoms with Gasteiger partial charge in [-0.1, -0.05) is 23.2 Å². The zero-order valence-electron chi connectivity index (χ0n) is 11.2. The van der Waals surface area contributed by atoms with Crippen molar-refractivity contribution in [2.45, 2.75) is 6.54 Å². The maximum absolute atomic E-state index is 9.92. The van der Waals surface area contributed by atoms with Crippen LogP contribution in [0.2, 0.25) is 10.0 Å². The molecule has 1 aromatic carbocycles. The molecule has 20 heavy (non-hydrogen) atoms. The Morgan fingerprint density at radius 1 is 1.30 bits per heavy atom. The van der Waals surface area contributed by atoms with Crippen LogP contribution in [-0.4, -0.2) is 24.2 Å². The first-order valence-corrected chi connectivity index (χ1v) is 6.76. The maximum Gasteiger partial charge on any atom is 0.139 e. The van der Waals surface area contributed by atoms with Crippen LogP contribution in [0.1, 0.15) is 5.56 Å². The topological polar surface area (TPSA) is 48.4 Å². The van der Waals surface area contributed by atoms with Crippen molar-refractivity contribution in [3.05, 3.63) is 46.2 Å². The summed E-state index contributed by atoms with van der Waals surface area (Å²) in [6.45, 7) is 0.401. The van der Waals surface area contributed by atoms with Crippen LogP contribution < -0.4 is 10.2 Å². The van der Waals surface area contributed by atoms with Crippen LogP contribution in [0.4, 0.5) is 11.4 Å². The van der Waals surface area contributed by atoms with Gasteiger partial charge in [0.15, 0.2) is 0 Å². The molecule has 2 aromatic rings. The molecule has 0 atom stereocenters. The average molecular weight is 312 g/mol. The highest BCUT2D eigenvalue weighted by Crippen LogP contribution is 2.32. The molecule has 106 valence electrons. The van der Waals surface area contributed by atoms with Crippen molar-refractivity contribution in [1.29, 1.82) is 0 Å². The van der Waals surface area contributed by atoms with Crippen molar-refractivity contribution in [3.8, 4) is 5.75 Å². The zero-order chi connectivity index (χ0) is 14.7. The molecule has 0 radical (unpaired) electrons. The first-order chi connectivity index (χ1) is 9.49. The molecule has 6 heteroatoms. The van der Waals surface area contributed by atoms with Gasteiger partial charge >= 0.3 is 0 Å². The van der Waals surface area contributed by atoms with Crippen LogP contribution in [0.15, 0.2) is 30.6 Å². The minimum Gasteiger partial charge on any atom is -0.506 e. The number of anilines is 2. The summed E-state index contributed by atoms with van der Waals surface area (Å²) in [6.07, 6.45) is 3.47. The van der Waals surface area contributed by atoms with Crippen molar-refractivity contribution >= 4 is 34.6 Å². The predicted octanol–water partition coefficient (Wildman–Crippen LogP) is 3.77. The van der Waals surface area contributed by atoms with Gasteiger partial charge in [0.2, 0.25) is 0 Å². The summed E-state index contributed by atoms with van der Waals surface area (Å²) in [5.74, 6) is 0.0406.